The van der Waals surface area contributed by atoms with E-state index in [2.05, 4.69) is 246 Å². The summed E-state index contributed by atoms with van der Waals surface area (Å²) in [5, 5.41) is 9.24. The highest BCUT2D eigenvalue weighted by Gasteiger charge is 2.29. The van der Waals surface area contributed by atoms with Gasteiger partial charge in [0.15, 0.2) is 69.9 Å². The Morgan fingerprint density at radius 1 is 0.162 bits per heavy atom. The van der Waals surface area contributed by atoms with Crippen molar-refractivity contribution in [2.45, 2.75) is 0 Å². The van der Waals surface area contributed by atoms with E-state index in [4.69, 9.17) is 64.2 Å². The summed E-state index contributed by atoms with van der Waals surface area (Å²) in [7, 11) is 0. The number of fused-ring (bicyclic) bond motifs is 14. The number of hydrogen-bond donors (Lipinski definition) is 0. The van der Waals surface area contributed by atoms with Crippen LogP contribution in [0.5, 0.6) is 0 Å². The van der Waals surface area contributed by atoms with Crippen LogP contribution in [-0.4, -0.2) is 68.9 Å². The highest BCUT2D eigenvalue weighted by atomic mass is 32.1. The van der Waals surface area contributed by atoms with Gasteiger partial charge in [-0.3, -0.25) is 0 Å². The molecule has 15 nitrogen and oxygen atoms in total. The average Bonchev–Trinajstić information content (AvgIpc) is 1.55. The van der Waals surface area contributed by atoms with Crippen molar-refractivity contribution in [2.75, 3.05) is 0 Å². The van der Waals surface area contributed by atoms with Crippen LogP contribution in [0.1, 0.15) is 0 Å². The van der Waals surface area contributed by atoms with Crippen molar-refractivity contribution in [3.63, 3.8) is 0 Å². The van der Waals surface area contributed by atoms with E-state index in [0.717, 1.165) is 155 Å². The predicted octanol–water partition coefficient (Wildman–Crippen LogP) is 29.9. The highest BCUT2D eigenvalue weighted by molar-refractivity contribution is 7.26. The van der Waals surface area contributed by atoms with Gasteiger partial charge in [0.2, 0.25) is 0 Å². The molecule has 16 heteroatoms. The van der Waals surface area contributed by atoms with Gasteiger partial charge in [-0.2, -0.15) is 0 Å². The highest BCUT2D eigenvalue weighted by Crippen LogP contribution is 2.48. The van der Waals surface area contributed by atoms with Gasteiger partial charge in [-0.05, 0) is 113 Å². The SMILES string of the molecule is c1ccc(-c2cccc(-c3nc(-c4ccccc4)nc(-c4cc(-c5nc(-c6ccccc6)nc(-c6ccccc6)n5)ccc4-n4c5ccccc5c5c6c(ccc54)sc4ccccc46)n3)c2)cc1.c1ccc(-c2nc(-c3ccccc3)nc(-c3ccc(-n4c5ccccc5c5c6c(ccc54)oc4ccccc46)c(-c4nc(-c5ccccc5)nc(-c5ccccc5-c5ccccc5)n4)c3)n2)cc1. The van der Waals surface area contributed by atoms with E-state index in [1.807, 2.05) is 224 Å². The van der Waals surface area contributed by atoms with Gasteiger partial charge < -0.3 is 13.6 Å². The van der Waals surface area contributed by atoms with Gasteiger partial charge in [0.25, 0.3) is 0 Å². The number of hydrogen-bond acceptors (Lipinski definition) is 14. The van der Waals surface area contributed by atoms with Gasteiger partial charge in [-0.15, -0.1) is 11.3 Å². The lowest BCUT2D eigenvalue weighted by Crippen LogP contribution is -2.05. The minimum Gasteiger partial charge on any atom is -0.456 e. The fraction of sp³-hybridized carbons (Fsp3) is 0. The Morgan fingerprint density at radius 2 is 0.478 bits per heavy atom. The van der Waals surface area contributed by atoms with Gasteiger partial charge in [0, 0.05) is 119 Å². The van der Waals surface area contributed by atoms with Crippen LogP contribution in [0.15, 0.2) is 453 Å². The first-order valence-corrected chi connectivity index (χ1v) is 45.9. The molecular formula is C120H74N14OS. The van der Waals surface area contributed by atoms with Crippen LogP contribution >= 0.6 is 11.3 Å². The fourth-order valence-electron chi connectivity index (χ4n) is 18.7. The Bertz CT molecular complexity index is 8980. The maximum absolute atomic E-state index is 6.46. The van der Waals surface area contributed by atoms with Crippen LogP contribution < -0.4 is 0 Å². The molecule has 0 amide bonds. The smallest absolute Gasteiger partial charge is 0.166 e. The van der Waals surface area contributed by atoms with Gasteiger partial charge in [0.05, 0.1) is 33.4 Å². The molecule has 26 aromatic rings. The second-order valence-corrected chi connectivity index (χ2v) is 34.4. The fourth-order valence-corrected chi connectivity index (χ4v) is 19.8. The van der Waals surface area contributed by atoms with E-state index < -0.39 is 0 Å². The first-order valence-electron chi connectivity index (χ1n) is 45.1. The first-order chi connectivity index (χ1) is 67.4. The molecule has 0 fully saturated rings. The molecular weight excluding hydrogens is 1690 g/mol. The minimum absolute atomic E-state index is 0.495. The van der Waals surface area contributed by atoms with Gasteiger partial charge in [0.1, 0.15) is 11.2 Å². The molecule has 0 atom stereocenters. The van der Waals surface area contributed by atoms with Crippen LogP contribution in [0, 0.1) is 0 Å². The van der Waals surface area contributed by atoms with Crippen molar-refractivity contribution in [3.8, 4) is 170 Å². The van der Waals surface area contributed by atoms with E-state index in [1.165, 1.54) is 30.9 Å². The van der Waals surface area contributed by atoms with E-state index >= 15 is 0 Å². The molecule has 0 unspecified atom stereocenters. The third kappa shape index (κ3) is 14.6. The van der Waals surface area contributed by atoms with E-state index in [9.17, 15) is 0 Å². The zero-order chi connectivity index (χ0) is 89.9. The largest absolute Gasteiger partial charge is 0.456 e. The minimum atomic E-state index is 0.495. The number of rotatable bonds is 16. The summed E-state index contributed by atoms with van der Waals surface area (Å²) in [6.45, 7) is 0. The zero-order valence-electron chi connectivity index (χ0n) is 72.8. The normalized spacial score (nSPS) is 11.5. The quantitative estimate of drug-likeness (QED) is 0.0893. The number of para-hydroxylation sites is 3. The third-order valence-corrected chi connectivity index (χ3v) is 26.2. The van der Waals surface area contributed by atoms with Gasteiger partial charge in [-0.1, -0.05) is 358 Å². The van der Waals surface area contributed by atoms with Crippen molar-refractivity contribution in [3.05, 3.63) is 449 Å². The van der Waals surface area contributed by atoms with Crippen LogP contribution in [0.25, 0.3) is 256 Å². The first kappa shape index (κ1) is 79.8. The molecule has 0 spiro atoms. The molecule has 0 N–H and O–H groups in total. The average molecular weight is 1760 g/mol. The molecule has 0 radical (unpaired) electrons. The summed E-state index contributed by atoms with van der Waals surface area (Å²) < 4.78 is 13.7. The summed E-state index contributed by atoms with van der Waals surface area (Å²) in [6, 6.07) is 154. The number of benzene rings is 18. The molecule has 0 aliphatic carbocycles. The zero-order valence-corrected chi connectivity index (χ0v) is 73.6. The molecule has 0 saturated heterocycles. The molecule has 8 heterocycles. The lowest BCUT2D eigenvalue weighted by atomic mass is 9.99. The maximum atomic E-state index is 6.46. The molecule has 18 aromatic carbocycles. The maximum Gasteiger partial charge on any atom is 0.166 e. The molecule has 0 aliphatic heterocycles. The molecule has 0 aliphatic rings. The van der Waals surface area contributed by atoms with Crippen LogP contribution in [0.2, 0.25) is 0 Å². The van der Waals surface area contributed by atoms with Gasteiger partial charge in [-0.25, -0.2) is 59.8 Å². The van der Waals surface area contributed by atoms with Gasteiger partial charge >= 0.3 is 0 Å². The van der Waals surface area contributed by atoms with Crippen molar-refractivity contribution in [1.29, 1.82) is 0 Å². The summed E-state index contributed by atoms with van der Waals surface area (Å²) in [5.74, 6) is 6.62. The Kier molecular flexibility index (Phi) is 20.0. The Hall–Kier alpha value is -18.4. The van der Waals surface area contributed by atoms with Crippen molar-refractivity contribution in [2.24, 2.45) is 0 Å². The Balaban J connectivity index is 0.000000145. The number of nitrogens with zero attached hydrogens (tertiary/aromatic N) is 14. The van der Waals surface area contributed by atoms with Crippen LogP contribution in [0.4, 0.5) is 0 Å². The summed E-state index contributed by atoms with van der Waals surface area (Å²) in [5.41, 5.74) is 22.2. The number of furan rings is 1. The van der Waals surface area contributed by atoms with Crippen LogP contribution in [-0.2, 0) is 0 Å². The number of thiophene rings is 1. The summed E-state index contributed by atoms with van der Waals surface area (Å²) in [6.07, 6.45) is 0. The van der Waals surface area contributed by atoms with E-state index in [1.54, 1.807) is 0 Å². The van der Waals surface area contributed by atoms with Crippen molar-refractivity contribution < 1.29 is 4.42 Å². The second-order valence-electron chi connectivity index (χ2n) is 33.3. The lowest BCUT2D eigenvalue weighted by Gasteiger charge is -2.17. The van der Waals surface area contributed by atoms with Crippen molar-refractivity contribution in [1.82, 2.24) is 68.9 Å². The van der Waals surface area contributed by atoms with Crippen molar-refractivity contribution >= 4 is 97.1 Å². The molecule has 136 heavy (non-hydrogen) atoms. The lowest BCUT2D eigenvalue weighted by molar-refractivity contribution is 0.669. The Labute approximate surface area is 784 Å². The number of aromatic nitrogens is 14. The monoisotopic (exact) mass is 1760 g/mol. The molecule has 26 rings (SSSR count). The standard InChI is InChI=1S/C60H37N7O.C60H37N7S/c1-5-19-38(20-6-1)43-27-13-14-28-44(43)59-64-57(41-25-11-4-12-26-41)65-60(66-59)47-37-42(58-62-55(39-21-7-2-8-22-39)61-56(63-58)40-23-9-3-10-24-40)33-34-49(47)67-48-31-17-15-29-45(48)53-50(67)35-36-52-54(53)46-30-16-18-32-51(46)68-52;1-5-18-38(19-6-1)42-26-17-27-43(36-42)58-64-57(41-24-11-4-12-25-41)65-60(66-58)47-37-44(59-62-55(39-20-7-2-8-21-39)61-56(63-59)40-22-9-3-10-23-40)32-33-49(47)67-48-30-15-13-28-45(48)53-50(67)34-35-52-54(53)46-29-14-16-31-51(46)68-52/h2*1-37H. The summed E-state index contributed by atoms with van der Waals surface area (Å²) in [4.78, 5) is 62.8. The predicted molar refractivity (Wildman–Crippen MR) is 551 cm³/mol. The molecule has 0 saturated carbocycles. The topological polar surface area (TPSA) is 178 Å². The Morgan fingerprint density at radius 3 is 0.934 bits per heavy atom. The van der Waals surface area contributed by atoms with E-state index in [-0.39, 0.29) is 0 Å². The summed E-state index contributed by atoms with van der Waals surface area (Å²) >= 11 is 1.83. The van der Waals surface area contributed by atoms with Crippen LogP contribution in [0.3, 0.4) is 0 Å². The molecule has 8 aromatic heterocycles. The molecule has 0 bridgehead atoms. The third-order valence-electron chi connectivity index (χ3n) is 25.0. The molecule has 636 valence electrons. The second kappa shape index (κ2) is 34.2. The van der Waals surface area contributed by atoms with E-state index in [0.29, 0.717) is 69.9 Å².